The van der Waals surface area contributed by atoms with E-state index in [9.17, 15) is 4.79 Å². The molecule has 0 radical (unpaired) electrons. The second kappa shape index (κ2) is 1.81. The van der Waals surface area contributed by atoms with E-state index < -0.39 is 5.54 Å². The smallest absolute Gasteiger partial charge is 0.272 e. The highest BCUT2D eigenvalue weighted by molar-refractivity contribution is 6.04. The van der Waals surface area contributed by atoms with Crippen molar-refractivity contribution in [2.75, 3.05) is 7.05 Å². The maximum absolute atomic E-state index is 11.1. The first-order valence-corrected chi connectivity index (χ1v) is 3.30. The molecule has 0 bridgehead atoms. The second-order valence-electron chi connectivity index (χ2n) is 3.08. The maximum atomic E-state index is 11.1. The van der Waals surface area contributed by atoms with Crippen molar-refractivity contribution in [3.8, 4) is 0 Å². The largest absolute Gasteiger partial charge is 0.349 e. The first-order chi connectivity index (χ1) is 4.46. The minimum absolute atomic E-state index is 0.0486. The Hall–Kier alpha value is -0.860. The molecule has 1 amide bonds. The van der Waals surface area contributed by atoms with Crippen molar-refractivity contribution in [3.05, 3.63) is 0 Å². The number of nitrogens with zero attached hydrogens (tertiary/aromatic N) is 2. The molecule has 1 aliphatic rings. The number of hydrogen-bond donors (Lipinski definition) is 0. The molecule has 0 unspecified atom stereocenters. The van der Waals surface area contributed by atoms with Gasteiger partial charge in [0.1, 0.15) is 11.4 Å². The van der Waals surface area contributed by atoms with Gasteiger partial charge in [0.15, 0.2) is 0 Å². The summed E-state index contributed by atoms with van der Waals surface area (Å²) in [4.78, 5) is 16.8. The predicted molar refractivity (Wildman–Crippen MR) is 40.0 cm³/mol. The molecule has 0 aromatic heterocycles. The quantitative estimate of drug-likeness (QED) is 0.495. The van der Waals surface area contributed by atoms with Crippen molar-refractivity contribution in [2.24, 2.45) is 4.99 Å². The van der Waals surface area contributed by atoms with Gasteiger partial charge in [-0.25, -0.2) is 0 Å². The lowest BCUT2D eigenvalue weighted by molar-refractivity contribution is -0.123. The van der Waals surface area contributed by atoms with Crippen LogP contribution in [-0.4, -0.2) is 29.2 Å². The zero-order chi connectivity index (χ0) is 7.94. The van der Waals surface area contributed by atoms with Crippen LogP contribution in [0.5, 0.6) is 0 Å². The molecule has 56 valence electrons. The summed E-state index contributed by atoms with van der Waals surface area (Å²) < 4.78 is 0. The van der Waals surface area contributed by atoms with Crippen LogP contribution in [0.25, 0.3) is 0 Å². The lowest BCUT2D eigenvalue weighted by atomic mass is 10.1. The van der Waals surface area contributed by atoms with E-state index >= 15 is 0 Å². The van der Waals surface area contributed by atoms with E-state index in [0.717, 1.165) is 5.84 Å². The number of rotatable bonds is 0. The molecule has 0 aliphatic carbocycles. The predicted octanol–water partition coefficient (Wildman–Crippen LogP) is 0.655. The van der Waals surface area contributed by atoms with Crippen LogP contribution < -0.4 is 0 Å². The topological polar surface area (TPSA) is 32.7 Å². The Morgan fingerprint density at radius 2 is 2.00 bits per heavy atom. The summed E-state index contributed by atoms with van der Waals surface area (Å²) in [5, 5.41) is 0. The van der Waals surface area contributed by atoms with Crippen LogP contribution in [0.3, 0.4) is 0 Å². The van der Waals surface area contributed by atoms with E-state index in [1.807, 2.05) is 32.7 Å². The number of carbonyl (C=O) groups is 1. The summed E-state index contributed by atoms with van der Waals surface area (Å²) in [6, 6.07) is 0. The molecule has 0 atom stereocenters. The molecular formula is C7H12N2O. The average molecular weight is 140 g/mol. The molecule has 3 nitrogen and oxygen atoms in total. The molecule has 0 N–H and O–H groups in total. The molecule has 0 fully saturated rings. The molecule has 3 heteroatoms. The van der Waals surface area contributed by atoms with E-state index in [1.54, 1.807) is 0 Å². The van der Waals surface area contributed by atoms with E-state index in [4.69, 9.17) is 0 Å². The third-order valence-corrected chi connectivity index (χ3v) is 2.11. The SMILES string of the molecule is CC1=NC(=O)C(C)(C)N1C. The van der Waals surface area contributed by atoms with Gasteiger partial charge in [-0.1, -0.05) is 0 Å². The lowest BCUT2D eigenvalue weighted by Crippen LogP contribution is -2.43. The molecule has 10 heavy (non-hydrogen) atoms. The van der Waals surface area contributed by atoms with Crippen LogP contribution in [0.4, 0.5) is 0 Å². The van der Waals surface area contributed by atoms with Crippen molar-refractivity contribution in [1.82, 2.24) is 4.90 Å². The molecule has 0 spiro atoms. The van der Waals surface area contributed by atoms with Crippen molar-refractivity contribution >= 4 is 11.7 Å². The van der Waals surface area contributed by atoms with E-state index in [0.29, 0.717) is 0 Å². The Kier molecular flexibility index (Phi) is 1.31. The van der Waals surface area contributed by atoms with Crippen molar-refractivity contribution in [2.45, 2.75) is 26.3 Å². The van der Waals surface area contributed by atoms with Gasteiger partial charge in [-0.15, -0.1) is 0 Å². The number of hydrogen-bond acceptors (Lipinski definition) is 2. The van der Waals surface area contributed by atoms with Gasteiger partial charge >= 0.3 is 0 Å². The van der Waals surface area contributed by atoms with Crippen molar-refractivity contribution < 1.29 is 4.79 Å². The Balaban J connectivity index is 2.98. The van der Waals surface area contributed by atoms with Crippen LogP contribution in [0.1, 0.15) is 20.8 Å². The first-order valence-electron chi connectivity index (χ1n) is 3.30. The van der Waals surface area contributed by atoms with Crippen LogP contribution >= 0.6 is 0 Å². The third kappa shape index (κ3) is 0.735. The van der Waals surface area contributed by atoms with E-state index in [-0.39, 0.29) is 5.91 Å². The van der Waals surface area contributed by atoms with Crippen LogP contribution in [0.15, 0.2) is 4.99 Å². The highest BCUT2D eigenvalue weighted by Crippen LogP contribution is 2.20. The normalized spacial score (nSPS) is 23.4. The monoisotopic (exact) mass is 140 g/mol. The van der Waals surface area contributed by atoms with E-state index in [1.165, 1.54) is 0 Å². The summed E-state index contributed by atoms with van der Waals surface area (Å²) in [5.74, 6) is 0.752. The molecule has 1 aliphatic heterocycles. The highest BCUT2D eigenvalue weighted by Gasteiger charge is 2.37. The molecule has 0 saturated heterocycles. The maximum Gasteiger partial charge on any atom is 0.272 e. The standard InChI is InChI=1S/C7H12N2O/c1-5-8-6(10)7(2,3)9(5)4/h1-4H3. The number of aliphatic imine (C=N–C) groups is 1. The number of amidine groups is 1. The van der Waals surface area contributed by atoms with Crippen LogP contribution in [0.2, 0.25) is 0 Å². The summed E-state index contributed by atoms with van der Waals surface area (Å²) in [6.45, 7) is 5.58. The Morgan fingerprint density at radius 3 is 2.10 bits per heavy atom. The fourth-order valence-corrected chi connectivity index (χ4v) is 0.907. The summed E-state index contributed by atoms with van der Waals surface area (Å²) in [6.07, 6.45) is 0. The number of amides is 1. The first kappa shape index (κ1) is 7.25. The minimum Gasteiger partial charge on any atom is -0.349 e. The number of carbonyl (C=O) groups excluding carboxylic acids is 1. The molecule has 1 heterocycles. The Morgan fingerprint density at radius 1 is 1.50 bits per heavy atom. The van der Waals surface area contributed by atoms with Gasteiger partial charge < -0.3 is 4.90 Å². The highest BCUT2D eigenvalue weighted by atomic mass is 16.2. The van der Waals surface area contributed by atoms with Crippen molar-refractivity contribution in [3.63, 3.8) is 0 Å². The van der Waals surface area contributed by atoms with Crippen LogP contribution in [0, 0.1) is 0 Å². The number of likely N-dealkylation sites (N-methyl/N-ethyl adjacent to an activating group) is 1. The van der Waals surface area contributed by atoms with Gasteiger partial charge in [0.05, 0.1) is 0 Å². The van der Waals surface area contributed by atoms with E-state index in [2.05, 4.69) is 4.99 Å². The molecule has 1 rings (SSSR count). The molecular weight excluding hydrogens is 128 g/mol. The fourth-order valence-electron chi connectivity index (χ4n) is 0.907. The summed E-state index contributed by atoms with van der Waals surface area (Å²) >= 11 is 0. The zero-order valence-electron chi connectivity index (χ0n) is 6.80. The molecule has 0 aromatic rings. The Bertz CT molecular complexity index is 206. The summed E-state index contributed by atoms with van der Waals surface area (Å²) in [7, 11) is 1.88. The van der Waals surface area contributed by atoms with Crippen molar-refractivity contribution in [1.29, 1.82) is 0 Å². The second-order valence-corrected chi connectivity index (χ2v) is 3.08. The zero-order valence-corrected chi connectivity index (χ0v) is 6.80. The van der Waals surface area contributed by atoms with Gasteiger partial charge in [0.25, 0.3) is 5.91 Å². The van der Waals surface area contributed by atoms with Crippen LogP contribution in [-0.2, 0) is 4.79 Å². The van der Waals surface area contributed by atoms with Gasteiger partial charge in [-0.05, 0) is 20.8 Å². The van der Waals surface area contributed by atoms with Gasteiger partial charge in [-0.3, -0.25) is 4.79 Å². The Labute approximate surface area is 60.7 Å². The summed E-state index contributed by atoms with van der Waals surface area (Å²) in [5.41, 5.74) is -0.427. The van der Waals surface area contributed by atoms with Gasteiger partial charge in [0.2, 0.25) is 0 Å². The molecule has 0 saturated carbocycles. The fraction of sp³-hybridized carbons (Fsp3) is 0.714. The van der Waals surface area contributed by atoms with Gasteiger partial charge in [-0.2, -0.15) is 4.99 Å². The third-order valence-electron chi connectivity index (χ3n) is 2.11. The average Bonchev–Trinajstić information content (AvgIpc) is 1.97. The minimum atomic E-state index is -0.427. The molecule has 0 aromatic carbocycles. The lowest BCUT2D eigenvalue weighted by Gasteiger charge is -2.26. The van der Waals surface area contributed by atoms with Gasteiger partial charge in [0, 0.05) is 7.05 Å².